The molecule has 1 saturated heterocycles. The van der Waals surface area contributed by atoms with Crippen molar-refractivity contribution in [3.63, 3.8) is 0 Å². The van der Waals surface area contributed by atoms with Gasteiger partial charge in [-0.2, -0.15) is 0 Å². The summed E-state index contributed by atoms with van der Waals surface area (Å²) in [4.78, 5) is 4.47. The van der Waals surface area contributed by atoms with E-state index in [0.717, 1.165) is 18.4 Å². The van der Waals surface area contributed by atoms with Gasteiger partial charge in [0.25, 0.3) is 0 Å². The van der Waals surface area contributed by atoms with Gasteiger partial charge in [-0.15, -0.1) is 0 Å². The Morgan fingerprint density at radius 2 is 1.93 bits per heavy atom. The van der Waals surface area contributed by atoms with Gasteiger partial charge in [-0.1, -0.05) is 23.7 Å². The highest BCUT2D eigenvalue weighted by Gasteiger charge is 2.27. The maximum absolute atomic E-state index is 12.0. The predicted octanol–water partition coefficient (Wildman–Crippen LogP) is 1.74. The number of rotatable bonds is 7. The normalized spacial score (nSPS) is 18.3. The second-order valence-corrected chi connectivity index (χ2v) is 9.20. The summed E-state index contributed by atoms with van der Waals surface area (Å²) in [7, 11) is -3.12. The highest BCUT2D eigenvalue weighted by Crippen LogP contribution is 2.17. The molecular formula is C18H29ClN4O3S. The zero-order valence-corrected chi connectivity index (χ0v) is 17.4. The number of aliphatic hydroxyl groups excluding tert-OH is 1. The molecule has 1 unspecified atom stereocenters. The van der Waals surface area contributed by atoms with E-state index >= 15 is 0 Å². The Morgan fingerprint density at radius 3 is 2.48 bits per heavy atom. The van der Waals surface area contributed by atoms with Crippen molar-refractivity contribution in [3.05, 3.63) is 34.9 Å². The van der Waals surface area contributed by atoms with Crippen LogP contribution in [0.25, 0.3) is 0 Å². The minimum Gasteiger partial charge on any atom is -0.386 e. The van der Waals surface area contributed by atoms with Crippen LogP contribution in [0.1, 0.15) is 38.4 Å². The number of sulfonamides is 1. The largest absolute Gasteiger partial charge is 0.386 e. The van der Waals surface area contributed by atoms with Gasteiger partial charge in [0.15, 0.2) is 5.96 Å². The number of benzene rings is 1. The number of aliphatic hydroxyl groups is 1. The van der Waals surface area contributed by atoms with E-state index in [0.29, 0.717) is 30.6 Å². The maximum Gasteiger partial charge on any atom is 0.213 e. The summed E-state index contributed by atoms with van der Waals surface area (Å²) in [6, 6.07) is 7.20. The van der Waals surface area contributed by atoms with E-state index in [1.54, 1.807) is 35.5 Å². The molecular weight excluding hydrogens is 388 g/mol. The fraction of sp³-hybridized carbons (Fsp3) is 0.611. The molecule has 0 aromatic heterocycles. The Kier molecular flexibility index (Phi) is 8.34. The first kappa shape index (κ1) is 21.9. The van der Waals surface area contributed by atoms with Crippen LogP contribution in [0.5, 0.6) is 0 Å². The molecule has 7 nitrogen and oxygen atoms in total. The molecule has 1 heterocycles. The average Bonchev–Trinajstić information content (AvgIpc) is 2.67. The SMILES string of the molecule is CCNC(=NCC(O)c1ccc(Cl)cc1)NC1CCN(S(=O)(=O)CC)CC1. The van der Waals surface area contributed by atoms with Crippen molar-refractivity contribution in [1.29, 1.82) is 0 Å². The van der Waals surface area contributed by atoms with E-state index in [1.807, 2.05) is 6.92 Å². The van der Waals surface area contributed by atoms with E-state index in [-0.39, 0.29) is 18.3 Å². The van der Waals surface area contributed by atoms with Crippen LogP contribution < -0.4 is 10.6 Å². The average molecular weight is 417 g/mol. The minimum atomic E-state index is -3.12. The Bertz CT molecular complexity index is 717. The third kappa shape index (κ3) is 6.64. The molecule has 2 rings (SSSR count). The molecule has 1 aromatic carbocycles. The van der Waals surface area contributed by atoms with Crippen LogP contribution in [0.3, 0.4) is 0 Å². The Balaban J connectivity index is 1.91. The zero-order chi connectivity index (χ0) is 19.9. The molecule has 0 bridgehead atoms. The highest BCUT2D eigenvalue weighted by molar-refractivity contribution is 7.89. The fourth-order valence-electron chi connectivity index (χ4n) is 2.94. The van der Waals surface area contributed by atoms with Gasteiger partial charge in [0.1, 0.15) is 0 Å². The van der Waals surface area contributed by atoms with Gasteiger partial charge in [-0.3, -0.25) is 4.99 Å². The van der Waals surface area contributed by atoms with E-state index in [4.69, 9.17) is 11.6 Å². The van der Waals surface area contributed by atoms with Crippen molar-refractivity contribution in [2.24, 2.45) is 4.99 Å². The van der Waals surface area contributed by atoms with Crippen molar-refractivity contribution in [3.8, 4) is 0 Å². The standard InChI is InChI=1S/C18H29ClN4O3S/c1-3-20-18(21-13-17(24)14-5-7-15(19)8-6-14)22-16-9-11-23(12-10-16)27(25,26)4-2/h5-8,16-17,24H,3-4,9-13H2,1-2H3,(H2,20,21,22). The predicted molar refractivity (Wildman–Crippen MR) is 110 cm³/mol. The summed E-state index contributed by atoms with van der Waals surface area (Å²) in [5, 5.41) is 17.5. The Hall–Kier alpha value is -1.35. The van der Waals surface area contributed by atoms with Crippen LogP contribution in [0, 0.1) is 0 Å². The molecule has 1 aromatic rings. The minimum absolute atomic E-state index is 0.137. The van der Waals surface area contributed by atoms with Crippen molar-refractivity contribution >= 4 is 27.6 Å². The first-order valence-corrected chi connectivity index (χ1v) is 11.3. The summed E-state index contributed by atoms with van der Waals surface area (Å²) in [5.74, 6) is 0.764. The van der Waals surface area contributed by atoms with E-state index in [1.165, 1.54) is 0 Å². The van der Waals surface area contributed by atoms with Crippen LogP contribution in [0.2, 0.25) is 5.02 Å². The molecule has 0 radical (unpaired) electrons. The number of aliphatic imine (C=N–C) groups is 1. The number of halogens is 1. The molecule has 1 aliphatic heterocycles. The van der Waals surface area contributed by atoms with Crippen molar-refractivity contribution in [2.45, 2.75) is 38.8 Å². The topological polar surface area (TPSA) is 94.0 Å². The second kappa shape index (κ2) is 10.3. The molecule has 27 heavy (non-hydrogen) atoms. The van der Waals surface area contributed by atoms with Gasteiger partial charge in [0.2, 0.25) is 10.0 Å². The number of nitrogens with zero attached hydrogens (tertiary/aromatic N) is 2. The molecule has 0 saturated carbocycles. The Morgan fingerprint density at radius 1 is 1.30 bits per heavy atom. The van der Waals surface area contributed by atoms with Crippen molar-refractivity contribution < 1.29 is 13.5 Å². The maximum atomic E-state index is 12.0. The summed E-state index contributed by atoms with van der Waals surface area (Å²) < 4.78 is 25.5. The molecule has 1 atom stereocenters. The lowest BCUT2D eigenvalue weighted by molar-refractivity contribution is 0.187. The molecule has 0 amide bonds. The first-order chi connectivity index (χ1) is 12.9. The van der Waals surface area contributed by atoms with Crippen LogP contribution in [-0.4, -0.2) is 61.8 Å². The number of guanidine groups is 1. The smallest absolute Gasteiger partial charge is 0.213 e. The molecule has 152 valence electrons. The quantitative estimate of drug-likeness (QED) is 0.465. The van der Waals surface area contributed by atoms with Gasteiger partial charge in [0.05, 0.1) is 18.4 Å². The number of hydrogen-bond acceptors (Lipinski definition) is 4. The second-order valence-electron chi connectivity index (χ2n) is 6.51. The van der Waals surface area contributed by atoms with E-state index in [2.05, 4.69) is 15.6 Å². The van der Waals surface area contributed by atoms with Gasteiger partial charge in [0, 0.05) is 30.7 Å². The van der Waals surface area contributed by atoms with E-state index < -0.39 is 16.1 Å². The summed E-state index contributed by atoms with van der Waals surface area (Å²) in [6.07, 6.45) is 0.738. The van der Waals surface area contributed by atoms with Crippen molar-refractivity contribution in [2.75, 3.05) is 31.9 Å². The molecule has 0 spiro atoms. The van der Waals surface area contributed by atoms with Gasteiger partial charge in [-0.25, -0.2) is 12.7 Å². The molecule has 1 fully saturated rings. The fourth-order valence-corrected chi connectivity index (χ4v) is 4.20. The Labute approximate surface area is 166 Å². The number of piperidine rings is 1. The summed E-state index contributed by atoms with van der Waals surface area (Å²) >= 11 is 5.87. The van der Waals surface area contributed by atoms with Gasteiger partial charge >= 0.3 is 0 Å². The van der Waals surface area contributed by atoms with Gasteiger partial charge < -0.3 is 15.7 Å². The first-order valence-electron chi connectivity index (χ1n) is 9.32. The van der Waals surface area contributed by atoms with Crippen LogP contribution in [0.15, 0.2) is 29.3 Å². The van der Waals surface area contributed by atoms with Crippen LogP contribution in [-0.2, 0) is 10.0 Å². The number of hydrogen-bond donors (Lipinski definition) is 3. The monoisotopic (exact) mass is 416 g/mol. The molecule has 9 heteroatoms. The summed E-state index contributed by atoms with van der Waals surface area (Å²) in [6.45, 7) is 5.60. The zero-order valence-electron chi connectivity index (χ0n) is 15.9. The lowest BCUT2D eigenvalue weighted by Gasteiger charge is -2.32. The van der Waals surface area contributed by atoms with Crippen LogP contribution >= 0.6 is 11.6 Å². The highest BCUT2D eigenvalue weighted by atomic mass is 35.5. The third-order valence-corrected chi connectivity index (χ3v) is 6.71. The summed E-state index contributed by atoms with van der Waals surface area (Å²) in [5.41, 5.74) is 0.761. The lowest BCUT2D eigenvalue weighted by Crippen LogP contribution is -2.50. The van der Waals surface area contributed by atoms with Crippen molar-refractivity contribution in [1.82, 2.24) is 14.9 Å². The molecule has 0 aliphatic carbocycles. The molecule has 3 N–H and O–H groups in total. The third-order valence-electron chi connectivity index (χ3n) is 4.57. The number of nitrogens with one attached hydrogen (secondary N) is 2. The van der Waals surface area contributed by atoms with E-state index in [9.17, 15) is 13.5 Å². The lowest BCUT2D eigenvalue weighted by atomic mass is 10.1. The molecule has 1 aliphatic rings. The van der Waals surface area contributed by atoms with Gasteiger partial charge in [-0.05, 0) is 44.4 Å². The van der Waals surface area contributed by atoms with Crippen LogP contribution in [0.4, 0.5) is 0 Å².